The topological polar surface area (TPSA) is 42.2 Å². The number of hydrogen-bond acceptors (Lipinski definition) is 2. The van der Waals surface area contributed by atoms with Gasteiger partial charge < -0.3 is 9.67 Å². The van der Waals surface area contributed by atoms with E-state index < -0.39 is 5.54 Å². The molecule has 1 fully saturated rings. The van der Waals surface area contributed by atoms with Crippen LogP contribution in [0.25, 0.3) is 5.76 Å². The van der Waals surface area contributed by atoms with Crippen molar-refractivity contribution in [1.29, 1.82) is 0 Å². The lowest BCUT2D eigenvalue weighted by molar-refractivity contribution is -0.123. The minimum atomic E-state index is -0.437. The van der Waals surface area contributed by atoms with E-state index in [0.717, 1.165) is 37.1 Å². The highest BCUT2D eigenvalue weighted by Crippen LogP contribution is 2.45. The average Bonchev–Trinajstić information content (AvgIpc) is 2.94. The molecule has 0 radical (unpaired) electrons. The Hall–Kier alpha value is -1.51. The minimum Gasteiger partial charge on any atom is -0.506 e. The highest BCUT2D eigenvalue weighted by atomic mass is 16.3. The molecule has 0 unspecified atom stereocenters. The maximum Gasteiger partial charge on any atom is 0.185 e. The first kappa shape index (κ1) is 12.5. The van der Waals surface area contributed by atoms with Gasteiger partial charge in [0.2, 0.25) is 0 Å². The molecule has 1 N–H and O–H groups in total. The smallest absolute Gasteiger partial charge is 0.185 e. The number of hydrogen-bond donors (Lipinski definition) is 1. The molecule has 19 heavy (non-hydrogen) atoms. The van der Waals surface area contributed by atoms with E-state index in [4.69, 9.17) is 0 Å². The monoisotopic (exact) mass is 259 g/mol. The third-order valence-electron chi connectivity index (χ3n) is 4.50. The van der Waals surface area contributed by atoms with Crippen molar-refractivity contribution >= 4 is 11.5 Å². The molecule has 0 aromatic carbocycles. The summed E-state index contributed by atoms with van der Waals surface area (Å²) >= 11 is 0. The van der Waals surface area contributed by atoms with E-state index in [-0.39, 0.29) is 17.0 Å². The average molecular weight is 259 g/mol. The van der Waals surface area contributed by atoms with E-state index in [1.54, 1.807) is 0 Å². The summed E-state index contributed by atoms with van der Waals surface area (Å²) in [5.74, 6) is 0.176. The van der Waals surface area contributed by atoms with Gasteiger partial charge in [-0.2, -0.15) is 0 Å². The van der Waals surface area contributed by atoms with E-state index in [1.165, 1.54) is 6.08 Å². The lowest BCUT2D eigenvalue weighted by Gasteiger charge is -2.38. The first-order chi connectivity index (χ1) is 8.86. The Labute approximate surface area is 113 Å². The molecule has 0 amide bonds. The van der Waals surface area contributed by atoms with E-state index in [1.807, 2.05) is 6.07 Å². The molecule has 3 rings (SSSR count). The summed E-state index contributed by atoms with van der Waals surface area (Å²) in [5.41, 5.74) is 1.46. The molecule has 3 heteroatoms. The van der Waals surface area contributed by atoms with E-state index in [0.29, 0.717) is 0 Å². The summed E-state index contributed by atoms with van der Waals surface area (Å²) in [6, 6.07) is 4.00. The predicted octanol–water partition coefficient (Wildman–Crippen LogP) is 3.54. The molecule has 1 saturated carbocycles. The molecular weight excluding hydrogens is 238 g/mol. The van der Waals surface area contributed by atoms with Gasteiger partial charge >= 0.3 is 0 Å². The van der Waals surface area contributed by atoms with Crippen molar-refractivity contribution in [2.45, 2.75) is 57.4 Å². The lowest BCUT2D eigenvalue weighted by atomic mass is 9.85. The Kier molecular flexibility index (Phi) is 2.47. The fourth-order valence-corrected chi connectivity index (χ4v) is 3.56. The maximum atomic E-state index is 12.5. The number of carbonyl (C=O) groups excluding carboxylic acids is 1. The van der Waals surface area contributed by atoms with Crippen molar-refractivity contribution < 1.29 is 9.90 Å². The molecule has 1 spiro atoms. The SMILES string of the molecule is CC(C)(C)c1ccc2n1C1(CCCC1)C(=O)C=C2O. The molecule has 1 aliphatic carbocycles. The van der Waals surface area contributed by atoms with Crippen molar-refractivity contribution in [2.24, 2.45) is 0 Å². The van der Waals surface area contributed by atoms with Gasteiger partial charge in [-0.25, -0.2) is 0 Å². The van der Waals surface area contributed by atoms with Crippen LogP contribution in [0, 0.1) is 0 Å². The second-order valence-electron chi connectivity index (χ2n) is 6.82. The van der Waals surface area contributed by atoms with Crippen molar-refractivity contribution in [2.75, 3.05) is 0 Å². The van der Waals surface area contributed by atoms with Gasteiger partial charge in [0.25, 0.3) is 0 Å². The zero-order valence-electron chi connectivity index (χ0n) is 11.9. The molecule has 2 aliphatic rings. The molecule has 1 aromatic rings. The predicted molar refractivity (Wildman–Crippen MR) is 75.2 cm³/mol. The second kappa shape index (κ2) is 3.75. The van der Waals surface area contributed by atoms with Gasteiger partial charge in [-0.05, 0) is 25.0 Å². The molecule has 0 atom stereocenters. The summed E-state index contributed by atoms with van der Waals surface area (Å²) in [5, 5.41) is 10.1. The fraction of sp³-hybridized carbons (Fsp3) is 0.562. The van der Waals surface area contributed by atoms with Gasteiger partial charge in [0.15, 0.2) is 5.78 Å². The number of allylic oxidation sites excluding steroid dienone is 1. The van der Waals surface area contributed by atoms with E-state index >= 15 is 0 Å². The molecule has 0 bridgehead atoms. The summed E-state index contributed by atoms with van der Waals surface area (Å²) in [4.78, 5) is 12.5. The first-order valence-electron chi connectivity index (χ1n) is 7.04. The third-order valence-corrected chi connectivity index (χ3v) is 4.50. The molecule has 1 aliphatic heterocycles. The van der Waals surface area contributed by atoms with Crippen LogP contribution < -0.4 is 0 Å². The Bertz CT molecular complexity index is 566. The summed E-state index contributed by atoms with van der Waals surface area (Å²) < 4.78 is 2.12. The van der Waals surface area contributed by atoms with Crippen molar-refractivity contribution in [3.05, 3.63) is 29.6 Å². The number of aliphatic hydroxyl groups excluding tert-OH is 1. The second-order valence-corrected chi connectivity index (χ2v) is 6.82. The molecule has 1 aromatic heterocycles. The Morgan fingerprint density at radius 3 is 2.42 bits per heavy atom. The minimum absolute atomic E-state index is 0.0360. The largest absolute Gasteiger partial charge is 0.506 e. The number of rotatable bonds is 0. The van der Waals surface area contributed by atoms with Crippen LogP contribution >= 0.6 is 0 Å². The van der Waals surface area contributed by atoms with Crippen LogP contribution in [0.15, 0.2) is 18.2 Å². The van der Waals surface area contributed by atoms with Gasteiger partial charge in [-0.1, -0.05) is 33.6 Å². The van der Waals surface area contributed by atoms with Crippen LogP contribution in [0.4, 0.5) is 0 Å². The number of carbonyl (C=O) groups is 1. The molecule has 0 saturated heterocycles. The highest BCUT2D eigenvalue weighted by molar-refractivity contribution is 6.03. The van der Waals surface area contributed by atoms with Crippen molar-refractivity contribution in [1.82, 2.24) is 4.57 Å². The van der Waals surface area contributed by atoms with Crippen LogP contribution in [0.5, 0.6) is 0 Å². The normalized spacial score (nSPS) is 21.6. The highest BCUT2D eigenvalue weighted by Gasteiger charge is 2.47. The quantitative estimate of drug-likeness (QED) is 0.774. The number of ketones is 1. The van der Waals surface area contributed by atoms with Crippen LogP contribution in [0.3, 0.4) is 0 Å². The van der Waals surface area contributed by atoms with Crippen LogP contribution in [0.1, 0.15) is 57.8 Å². The van der Waals surface area contributed by atoms with Crippen molar-refractivity contribution in [3.63, 3.8) is 0 Å². The number of nitrogens with zero attached hydrogens (tertiary/aromatic N) is 1. The van der Waals surface area contributed by atoms with Gasteiger partial charge in [-0.15, -0.1) is 0 Å². The van der Waals surface area contributed by atoms with Gasteiger partial charge in [-0.3, -0.25) is 4.79 Å². The number of aromatic nitrogens is 1. The van der Waals surface area contributed by atoms with Crippen molar-refractivity contribution in [3.8, 4) is 0 Å². The number of aliphatic hydroxyl groups is 1. The Morgan fingerprint density at radius 1 is 1.21 bits per heavy atom. The van der Waals surface area contributed by atoms with Gasteiger partial charge in [0, 0.05) is 17.2 Å². The number of fused-ring (bicyclic) bond motifs is 2. The van der Waals surface area contributed by atoms with Crippen LogP contribution in [0.2, 0.25) is 0 Å². The van der Waals surface area contributed by atoms with E-state index in [2.05, 4.69) is 31.4 Å². The standard InChI is InChI=1S/C16H21NO2/c1-15(2,3)13-7-6-11-12(18)10-14(19)16(17(11)13)8-4-5-9-16/h6-7,10,18H,4-5,8-9H2,1-3H3. The van der Waals surface area contributed by atoms with Crippen LogP contribution in [-0.2, 0) is 15.7 Å². The Morgan fingerprint density at radius 2 is 1.84 bits per heavy atom. The summed E-state index contributed by atoms with van der Waals surface area (Å²) in [6.45, 7) is 6.45. The van der Waals surface area contributed by atoms with Crippen LogP contribution in [-0.4, -0.2) is 15.5 Å². The zero-order chi connectivity index (χ0) is 13.8. The summed E-state index contributed by atoms with van der Waals surface area (Å²) in [7, 11) is 0. The molecule has 3 nitrogen and oxygen atoms in total. The van der Waals surface area contributed by atoms with Gasteiger partial charge in [0.05, 0.1) is 5.69 Å². The first-order valence-corrected chi connectivity index (χ1v) is 7.04. The molecular formula is C16H21NO2. The maximum absolute atomic E-state index is 12.5. The molecule has 2 heterocycles. The fourth-order valence-electron chi connectivity index (χ4n) is 3.56. The zero-order valence-corrected chi connectivity index (χ0v) is 11.9. The Balaban J connectivity index is 2.29. The lowest BCUT2D eigenvalue weighted by Crippen LogP contribution is -2.44. The third kappa shape index (κ3) is 1.60. The summed E-state index contributed by atoms with van der Waals surface area (Å²) in [6.07, 6.45) is 5.37. The molecule has 102 valence electrons. The van der Waals surface area contributed by atoms with Gasteiger partial charge in [0.1, 0.15) is 11.3 Å². The van der Waals surface area contributed by atoms with E-state index in [9.17, 15) is 9.90 Å².